The maximum atomic E-state index is 12.3. The first-order valence-electron chi connectivity index (χ1n) is 8.14. The monoisotopic (exact) mass is 322 g/mol. The third-order valence-electron chi connectivity index (χ3n) is 3.75. The fourth-order valence-electron chi connectivity index (χ4n) is 2.36. The summed E-state index contributed by atoms with van der Waals surface area (Å²) in [4.78, 5) is 12.3. The van der Waals surface area contributed by atoms with Crippen molar-refractivity contribution < 1.29 is 19.7 Å². The number of phenolic OH excluding ortho intramolecular Hbond substituents is 1. The summed E-state index contributed by atoms with van der Waals surface area (Å²) < 4.78 is 5.27. The topological polar surface area (TPSA) is 66.8 Å². The number of esters is 1. The number of carbonyl (C=O) groups is 1. The number of aromatic hydroxyl groups is 1. The molecular formula is C19H30O4. The lowest BCUT2D eigenvalue weighted by Gasteiger charge is -2.28. The lowest BCUT2D eigenvalue weighted by Crippen LogP contribution is -2.19. The smallest absolute Gasteiger partial charge is 0.338 e. The molecule has 0 unspecified atom stereocenters. The van der Waals surface area contributed by atoms with Crippen molar-refractivity contribution in [3.8, 4) is 5.75 Å². The first-order valence-corrected chi connectivity index (χ1v) is 8.14. The minimum absolute atomic E-state index is 0.0963. The minimum Gasteiger partial charge on any atom is -0.507 e. The Labute approximate surface area is 139 Å². The quantitative estimate of drug-likeness (QED) is 0.637. The standard InChI is InChI=1S/C19H30O4/c1-18(2,3)14-11-13(17(22)23-10-8-7-9-20)12-15(16(14)21)19(4,5)6/h11-12,20-21H,7-10H2,1-6H3. The lowest BCUT2D eigenvalue weighted by molar-refractivity contribution is 0.0492. The number of carbonyl (C=O) groups excluding carboxylic acids is 1. The number of rotatable bonds is 5. The zero-order chi connectivity index (χ0) is 17.8. The number of hydrogen-bond acceptors (Lipinski definition) is 4. The predicted molar refractivity (Wildman–Crippen MR) is 92.1 cm³/mol. The first kappa shape index (κ1) is 19.5. The van der Waals surface area contributed by atoms with Crippen LogP contribution >= 0.6 is 0 Å². The molecule has 1 aromatic carbocycles. The van der Waals surface area contributed by atoms with Gasteiger partial charge in [-0.15, -0.1) is 0 Å². The maximum Gasteiger partial charge on any atom is 0.338 e. The van der Waals surface area contributed by atoms with Crippen LogP contribution in [0.2, 0.25) is 0 Å². The molecule has 0 bridgehead atoms. The molecule has 23 heavy (non-hydrogen) atoms. The largest absolute Gasteiger partial charge is 0.507 e. The van der Waals surface area contributed by atoms with Crippen LogP contribution in [0.15, 0.2) is 12.1 Å². The van der Waals surface area contributed by atoms with Gasteiger partial charge in [-0.25, -0.2) is 4.79 Å². The van der Waals surface area contributed by atoms with E-state index in [0.29, 0.717) is 18.4 Å². The number of unbranched alkanes of at least 4 members (excludes halogenated alkanes) is 1. The van der Waals surface area contributed by atoms with Crippen molar-refractivity contribution in [3.05, 3.63) is 28.8 Å². The lowest BCUT2D eigenvalue weighted by atomic mass is 9.78. The van der Waals surface area contributed by atoms with Gasteiger partial charge < -0.3 is 14.9 Å². The van der Waals surface area contributed by atoms with E-state index in [9.17, 15) is 9.90 Å². The second kappa shape index (κ2) is 7.35. The Balaban J connectivity index is 3.20. The molecule has 0 radical (unpaired) electrons. The summed E-state index contributed by atoms with van der Waals surface area (Å²) in [5.41, 5.74) is 1.38. The van der Waals surface area contributed by atoms with Gasteiger partial charge in [0.05, 0.1) is 12.2 Å². The summed E-state index contributed by atoms with van der Waals surface area (Å²) >= 11 is 0. The Morgan fingerprint density at radius 1 is 1.00 bits per heavy atom. The number of phenols is 1. The first-order chi connectivity index (χ1) is 10.5. The Hall–Kier alpha value is -1.55. The molecule has 0 aliphatic rings. The molecule has 4 heteroatoms. The van der Waals surface area contributed by atoms with Gasteiger partial charge in [-0.05, 0) is 35.8 Å². The van der Waals surface area contributed by atoms with Gasteiger partial charge in [0.15, 0.2) is 0 Å². The molecular weight excluding hydrogens is 292 g/mol. The van der Waals surface area contributed by atoms with E-state index in [2.05, 4.69) is 0 Å². The number of ether oxygens (including phenoxy) is 1. The van der Waals surface area contributed by atoms with Gasteiger partial charge in [0, 0.05) is 17.7 Å². The molecule has 0 aliphatic carbocycles. The van der Waals surface area contributed by atoms with Crippen molar-refractivity contribution >= 4 is 5.97 Å². The molecule has 0 saturated carbocycles. The Bertz CT molecular complexity index is 512. The van der Waals surface area contributed by atoms with Gasteiger partial charge in [0.25, 0.3) is 0 Å². The van der Waals surface area contributed by atoms with E-state index in [1.54, 1.807) is 12.1 Å². The average Bonchev–Trinajstić information content (AvgIpc) is 2.41. The van der Waals surface area contributed by atoms with E-state index >= 15 is 0 Å². The third kappa shape index (κ3) is 5.24. The summed E-state index contributed by atoms with van der Waals surface area (Å²) in [6.45, 7) is 12.4. The molecule has 0 aliphatic heterocycles. The van der Waals surface area contributed by atoms with Crippen LogP contribution in [0.25, 0.3) is 0 Å². The molecule has 2 N–H and O–H groups in total. The van der Waals surface area contributed by atoms with Crippen molar-refractivity contribution in [2.75, 3.05) is 13.2 Å². The second-order valence-corrected chi connectivity index (χ2v) is 7.99. The Morgan fingerprint density at radius 2 is 1.48 bits per heavy atom. The number of benzene rings is 1. The zero-order valence-corrected chi connectivity index (χ0v) is 15.2. The fourth-order valence-corrected chi connectivity index (χ4v) is 2.36. The van der Waals surface area contributed by atoms with Crippen molar-refractivity contribution in [2.45, 2.75) is 65.2 Å². The third-order valence-corrected chi connectivity index (χ3v) is 3.75. The van der Waals surface area contributed by atoms with Crippen LogP contribution in [0.1, 0.15) is 75.9 Å². The summed E-state index contributed by atoms with van der Waals surface area (Å²) in [5.74, 6) is -0.138. The van der Waals surface area contributed by atoms with Crippen LogP contribution < -0.4 is 0 Å². The van der Waals surface area contributed by atoms with Gasteiger partial charge >= 0.3 is 5.97 Å². The van der Waals surface area contributed by atoms with Crippen molar-refractivity contribution in [2.24, 2.45) is 0 Å². The van der Waals surface area contributed by atoms with E-state index in [0.717, 1.165) is 11.1 Å². The van der Waals surface area contributed by atoms with Crippen LogP contribution in [0.4, 0.5) is 0 Å². The van der Waals surface area contributed by atoms with E-state index in [4.69, 9.17) is 9.84 Å². The molecule has 1 rings (SSSR count). The normalized spacial score (nSPS) is 12.3. The maximum absolute atomic E-state index is 12.3. The van der Waals surface area contributed by atoms with E-state index in [-0.39, 0.29) is 35.8 Å². The minimum atomic E-state index is -0.390. The van der Waals surface area contributed by atoms with Gasteiger partial charge in [-0.3, -0.25) is 0 Å². The second-order valence-electron chi connectivity index (χ2n) is 7.99. The number of hydrogen-bond donors (Lipinski definition) is 2. The van der Waals surface area contributed by atoms with E-state index in [1.165, 1.54) is 0 Å². The molecule has 0 saturated heterocycles. The number of aliphatic hydroxyl groups is 1. The number of aliphatic hydroxyl groups excluding tert-OH is 1. The molecule has 0 spiro atoms. The zero-order valence-electron chi connectivity index (χ0n) is 15.2. The molecule has 0 fully saturated rings. The molecule has 0 heterocycles. The SMILES string of the molecule is CC(C)(C)c1cc(C(=O)OCCCCO)cc(C(C)(C)C)c1O. The summed E-state index contributed by atoms with van der Waals surface area (Å²) in [5, 5.41) is 19.4. The Morgan fingerprint density at radius 3 is 1.87 bits per heavy atom. The molecule has 0 amide bonds. The van der Waals surface area contributed by atoms with Crippen LogP contribution in [-0.4, -0.2) is 29.4 Å². The highest BCUT2D eigenvalue weighted by Crippen LogP contribution is 2.39. The molecule has 0 atom stereocenters. The fraction of sp³-hybridized carbons (Fsp3) is 0.632. The van der Waals surface area contributed by atoms with Gasteiger partial charge in [0.2, 0.25) is 0 Å². The molecule has 1 aromatic rings. The van der Waals surface area contributed by atoms with Crippen LogP contribution in [0, 0.1) is 0 Å². The van der Waals surface area contributed by atoms with Crippen molar-refractivity contribution in [1.29, 1.82) is 0 Å². The summed E-state index contributed by atoms with van der Waals surface area (Å²) in [6.07, 6.45) is 1.25. The summed E-state index contributed by atoms with van der Waals surface area (Å²) in [7, 11) is 0. The van der Waals surface area contributed by atoms with E-state index in [1.807, 2.05) is 41.5 Å². The van der Waals surface area contributed by atoms with Crippen LogP contribution in [0.5, 0.6) is 5.75 Å². The van der Waals surface area contributed by atoms with E-state index < -0.39 is 0 Å². The molecule has 0 aromatic heterocycles. The highest BCUT2D eigenvalue weighted by atomic mass is 16.5. The van der Waals surface area contributed by atoms with Crippen LogP contribution in [0.3, 0.4) is 0 Å². The highest BCUT2D eigenvalue weighted by Gasteiger charge is 2.28. The van der Waals surface area contributed by atoms with Crippen molar-refractivity contribution in [3.63, 3.8) is 0 Å². The van der Waals surface area contributed by atoms with Gasteiger partial charge in [-0.2, -0.15) is 0 Å². The highest BCUT2D eigenvalue weighted by molar-refractivity contribution is 5.90. The van der Waals surface area contributed by atoms with Gasteiger partial charge in [0.1, 0.15) is 5.75 Å². The Kier molecular flexibility index (Phi) is 6.23. The summed E-state index contributed by atoms with van der Waals surface area (Å²) in [6, 6.07) is 3.44. The van der Waals surface area contributed by atoms with Crippen LogP contribution in [-0.2, 0) is 15.6 Å². The average molecular weight is 322 g/mol. The predicted octanol–water partition coefficient (Wildman–Crippen LogP) is 3.92. The molecule has 130 valence electrons. The van der Waals surface area contributed by atoms with Crippen molar-refractivity contribution in [1.82, 2.24) is 0 Å². The molecule has 4 nitrogen and oxygen atoms in total. The van der Waals surface area contributed by atoms with Gasteiger partial charge in [-0.1, -0.05) is 41.5 Å².